The van der Waals surface area contributed by atoms with Gasteiger partial charge in [-0.2, -0.15) is 5.10 Å². The van der Waals surface area contributed by atoms with Crippen molar-refractivity contribution >= 4 is 34.0 Å². The second-order valence-corrected chi connectivity index (χ2v) is 5.38. The molecule has 0 unspecified atom stereocenters. The summed E-state index contributed by atoms with van der Waals surface area (Å²) in [6, 6.07) is 3.61. The molecule has 2 amide bonds. The quantitative estimate of drug-likeness (QED) is 0.203. The number of hydrogen-bond acceptors (Lipinski definition) is 5. The van der Waals surface area contributed by atoms with Crippen LogP contribution in [0.25, 0.3) is 0 Å². The first-order valence-corrected chi connectivity index (χ1v) is 7.78. The molecule has 1 aromatic heterocycles. The highest BCUT2D eigenvalue weighted by Crippen LogP contribution is 2.09. The minimum Gasteiger partial charge on any atom is -0.289 e. The van der Waals surface area contributed by atoms with Gasteiger partial charge in [-0.25, -0.2) is 15.9 Å². The SMILES string of the molecule is O=C(CCCCCCC(=O)N/N=C/c1cccnc1Br)NO. The minimum absolute atomic E-state index is 0.149. The Balaban J connectivity index is 2.11. The van der Waals surface area contributed by atoms with Crippen molar-refractivity contribution in [2.24, 2.45) is 5.10 Å². The molecule has 7 nitrogen and oxygen atoms in total. The number of unbranched alkanes of at least 4 members (excludes halogenated alkanes) is 3. The molecule has 120 valence electrons. The summed E-state index contributed by atoms with van der Waals surface area (Å²) in [5.74, 6) is -0.530. The lowest BCUT2D eigenvalue weighted by Gasteiger charge is -2.01. The Morgan fingerprint density at radius 2 is 1.91 bits per heavy atom. The summed E-state index contributed by atoms with van der Waals surface area (Å²) in [4.78, 5) is 26.4. The Labute approximate surface area is 137 Å². The van der Waals surface area contributed by atoms with Crippen LogP contribution in [-0.4, -0.2) is 28.2 Å². The van der Waals surface area contributed by atoms with Gasteiger partial charge in [0.15, 0.2) is 0 Å². The van der Waals surface area contributed by atoms with E-state index in [9.17, 15) is 9.59 Å². The first-order valence-electron chi connectivity index (χ1n) is 6.99. The molecular formula is C14H19BrN4O3. The molecule has 3 N–H and O–H groups in total. The van der Waals surface area contributed by atoms with Crippen molar-refractivity contribution in [2.75, 3.05) is 0 Å². The third kappa shape index (κ3) is 7.84. The molecular weight excluding hydrogens is 352 g/mol. The summed E-state index contributed by atoms with van der Waals surface area (Å²) < 4.78 is 0.667. The minimum atomic E-state index is -0.381. The van der Waals surface area contributed by atoms with Crippen LogP contribution in [0, 0.1) is 0 Å². The smallest absolute Gasteiger partial charge is 0.243 e. The molecule has 0 aliphatic rings. The van der Waals surface area contributed by atoms with Crippen LogP contribution in [0.4, 0.5) is 0 Å². The van der Waals surface area contributed by atoms with Gasteiger partial charge < -0.3 is 0 Å². The van der Waals surface area contributed by atoms with Gasteiger partial charge in [-0.3, -0.25) is 14.8 Å². The van der Waals surface area contributed by atoms with Crippen LogP contribution < -0.4 is 10.9 Å². The van der Waals surface area contributed by atoms with Crippen LogP contribution in [0.1, 0.15) is 44.1 Å². The molecule has 0 spiro atoms. The molecule has 8 heteroatoms. The number of nitrogens with one attached hydrogen (secondary N) is 2. The fourth-order valence-electron chi connectivity index (χ4n) is 1.71. The zero-order valence-electron chi connectivity index (χ0n) is 12.1. The van der Waals surface area contributed by atoms with Gasteiger partial charge in [0.2, 0.25) is 11.8 Å². The maximum absolute atomic E-state index is 11.6. The van der Waals surface area contributed by atoms with Crippen LogP contribution in [0.5, 0.6) is 0 Å². The van der Waals surface area contributed by atoms with Crippen molar-refractivity contribution in [1.29, 1.82) is 0 Å². The van der Waals surface area contributed by atoms with E-state index in [-0.39, 0.29) is 11.8 Å². The summed E-state index contributed by atoms with van der Waals surface area (Å²) in [6.07, 6.45) is 6.99. The van der Waals surface area contributed by atoms with Gasteiger partial charge in [0.05, 0.1) is 6.21 Å². The van der Waals surface area contributed by atoms with Crippen LogP contribution in [-0.2, 0) is 9.59 Å². The second-order valence-electron chi connectivity index (χ2n) is 4.63. The molecule has 0 saturated carbocycles. The Kier molecular flexibility index (Phi) is 9.01. The van der Waals surface area contributed by atoms with E-state index in [0.29, 0.717) is 23.9 Å². The first-order chi connectivity index (χ1) is 10.6. The number of hydrazone groups is 1. The second kappa shape index (κ2) is 10.9. The molecule has 0 aliphatic heterocycles. The van der Waals surface area contributed by atoms with Gasteiger partial charge in [-0.1, -0.05) is 12.8 Å². The van der Waals surface area contributed by atoms with E-state index in [2.05, 4.69) is 31.4 Å². The largest absolute Gasteiger partial charge is 0.289 e. The number of halogens is 1. The van der Waals surface area contributed by atoms with Crippen molar-refractivity contribution in [1.82, 2.24) is 15.9 Å². The van der Waals surface area contributed by atoms with Gasteiger partial charge in [0, 0.05) is 24.6 Å². The van der Waals surface area contributed by atoms with E-state index < -0.39 is 0 Å². The average Bonchev–Trinajstić information content (AvgIpc) is 2.52. The predicted molar refractivity (Wildman–Crippen MR) is 85.3 cm³/mol. The zero-order valence-corrected chi connectivity index (χ0v) is 13.7. The zero-order chi connectivity index (χ0) is 16.2. The highest BCUT2D eigenvalue weighted by atomic mass is 79.9. The monoisotopic (exact) mass is 370 g/mol. The van der Waals surface area contributed by atoms with Gasteiger partial charge in [-0.15, -0.1) is 0 Å². The topological polar surface area (TPSA) is 104 Å². The van der Waals surface area contributed by atoms with Crippen molar-refractivity contribution in [2.45, 2.75) is 38.5 Å². The van der Waals surface area contributed by atoms with E-state index in [1.165, 1.54) is 6.21 Å². The molecule has 0 bridgehead atoms. The van der Waals surface area contributed by atoms with E-state index in [0.717, 1.165) is 24.8 Å². The third-order valence-corrected chi connectivity index (χ3v) is 3.53. The van der Waals surface area contributed by atoms with Gasteiger partial charge >= 0.3 is 0 Å². The molecule has 0 aliphatic carbocycles. The van der Waals surface area contributed by atoms with Gasteiger partial charge in [0.1, 0.15) is 4.60 Å². The lowest BCUT2D eigenvalue weighted by Crippen LogP contribution is -2.18. The Hall–Kier alpha value is -1.80. The molecule has 0 saturated heterocycles. The Morgan fingerprint density at radius 3 is 2.55 bits per heavy atom. The van der Waals surface area contributed by atoms with Crippen molar-refractivity contribution < 1.29 is 14.8 Å². The summed E-state index contributed by atoms with van der Waals surface area (Å²) in [5.41, 5.74) is 4.83. The van der Waals surface area contributed by atoms with E-state index in [1.807, 2.05) is 6.07 Å². The number of carbonyl (C=O) groups is 2. The molecule has 22 heavy (non-hydrogen) atoms. The number of hydrogen-bond donors (Lipinski definition) is 3. The van der Waals surface area contributed by atoms with Gasteiger partial charge in [-0.05, 0) is 40.9 Å². The third-order valence-electron chi connectivity index (χ3n) is 2.86. The van der Waals surface area contributed by atoms with Crippen LogP contribution in [0.15, 0.2) is 28.0 Å². The number of pyridine rings is 1. The molecule has 0 atom stereocenters. The summed E-state index contributed by atoms with van der Waals surface area (Å²) >= 11 is 3.29. The van der Waals surface area contributed by atoms with E-state index >= 15 is 0 Å². The Morgan fingerprint density at radius 1 is 1.23 bits per heavy atom. The average molecular weight is 371 g/mol. The molecule has 1 rings (SSSR count). The lowest BCUT2D eigenvalue weighted by molar-refractivity contribution is -0.129. The highest BCUT2D eigenvalue weighted by Gasteiger charge is 2.01. The Bertz CT molecular complexity index is 523. The van der Waals surface area contributed by atoms with Crippen molar-refractivity contribution in [3.8, 4) is 0 Å². The maximum Gasteiger partial charge on any atom is 0.243 e. The number of carbonyl (C=O) groups excluding carboxylic acids is 2. The summed E-state index contributed by atoms with van der Waals surface area (Å²) in [5, 5.41) is 12.2. The van der Waals surface area contributed by atoms with Crippen molar-refractivity contribution in [3.05, 3.63) is 28.5 Å². The number of nitrogens with zero attached hydrogens (tertiary/aromatic N) is 2. The summed E-state index contributed by atoms with van der Waals surface area (Å²) in [6.45, 7) is 0. The van der Waals surface area contributed by atoms with Crippen LogP contribution in [0.3, 0.4) is 0 Å². The first kappa shape index (κ1) is 18.2. The maximum atomic E-state index is 11.6. The fourth-order valence-corrected chi connectivity index (χ4v) is 2.06. The number of hydroxylamine groups is 1. The number of rotatable bonds is 9. The highest BCUT2D eigenvalue weighted by molar-refractivity contribution is 9.10. The molecule has 1 heterocycles. The lowest BCUT2D eigenvalue weighted by atomic mass is 10.1. The molecule has 0 aromatic carbocycles. The fraction of sp³-hybridized carbons (Fsp3) is 0.429. The van der Waals surface area contributed by atoms with Crippen LogP contribution in [0.2, 0.25) is 0 Å². The molecule has 0 radical (unpaired) electrons. The molecule has 0 fully saturated rings. The standard InChI is InChI=1S/C14H19BrN4O3/c15-14-11(6-5-9-16-14)10-17-18-12(20)7-3-1-2-4-8-13(21)19-22/h5-6,9-10,22H,1-4,7-8H2,(H,18,20)(H,19,21)/b17-10+. The number of amides is 2. The van der Waals surface area contributed by atoms with E-state index in [1.54, 1.807) is 17.7 Å². The normalized spacial score (nSPS) is 10.6. The van der Waals surface area contributed by atoms with Crippen LogP contribution >= 0.6 is 15.9 Å². The predicted octanol–water partition coefficient (Wildman–Crippen LogP) is 2.14. The number of aromatic nitrogens is 1. The van der Waals surface area contributed by atoms with Crippen molar-refractivity contribution in [3.63, 3.8) is 0 Å². The van der Waals surface area contributed by atoms with Gasteiger partial charge in [0.25, 0.3) is 0 Å². The van der Waals surface area contributed by atoms with E-state index in [4.69, 9.17) is 5.21 Å². The molecule has 1 aromatic rings. The summed E-state index contributed by atoms with van der Waals surface area (Å²) in [7, 11) is 0.